The first-order chi connectivity index (χ1) is 15.1. The van der Waals surface area contributed by atoms with Gasteiger partial charge in [0.05, 0.1) is 26.2 Å². The molecule has 8 heteroatoms. The monoisotopic (exact) mass is 439 g/mol. The molecule has 0 amide bonds. The normalized spacial score (nSPS) is 18.9. The van der Waals surface area contributed by atoms with E-state index in [1.54, 1.807) is 4.68 Å². The van der Waals surface area contributed by atoms with Crippen molar-refractivity contribution in [3.63, 3.8) is 0 Å². The van der Waals surface area contributed by atoms with E-state index in [1.165, 1.54) is 21.7 Å². The van der Waals surface area contributed by atoms with Gasteiger partial charge in [0.15, 0.2) is 18.2 Å². The van der Waals surface area contributed by atoms with Crippen LogP contribution in [-0.4, -0.2) is 42.6 Å². The molecule has 1 aromatic heterocycles. The van der Waals surface area contributed by atoms with Crippen LogP contribution in [-0.2, 0) is 6.67 Å². The number of ether oxygens (including phenoxy) is 2. The van der Waals surface area contributed by atoms with Gasteiger partial charge in [-0.05, 0) is 55.4 Å². The molecule has 31 heavy (non-hydrogen) atoms. The van der Waals surface area contributed by atoms with Crippen LogP contribution < -0.4 is 19.3 Å². The number of nitrogens with zero attached hydrogens (tertiary/aromatic N) is 3. The lowest BCUT2D eigenvalue weighted by atomic mass is 10.1. The third kappa shape index (κ3) is 4.05. The molecule has 2 aliphatic rings. The molecule has 0 unspecified atom stereocenters. The van der Waals surface area contributed by atoms with Gasteiger partial charge in [-0.1, -0.05) is 24.3 Å². The van der Waals surface area contributed by atoms with E-state index in [0.29, 0.717) is 29.8 Å². The van der Waals surface area contributed by atoms with Gasteiger partial charge in [0.2, 0.25) is 6.10 Å². The van der Waals surface area contributed by atoms with Crippen molar-refractivity contribution in [3.8, 4) is 11.5 Å². The topological polar surface area (TPSA) is 57.1 Å². The smallest absolute Gasteiger partial charge is 0.292 e. The summed E-state index contributed by atoms with van der Waals surface area (Å²) in [6.07, 6.45) is -0.394. The van der Waals surface area contributed by atoms with E-state index in [1.807, 2.05) is 24.3 Å². The number of benzene rings is 2. The van der Waals surface area contributed by atoms with Crippen molar-refractivity contribution in [2.75, 3.05) is 37.7 Å². The maximum atomic E-state index is 6.01. The minimum Gasteiger partial charge on any atom is -0.485 e. The fraction of sp³-hybridized carbons (Fsp3) is 0.391. The van der Waals surface area contributed by atoms with Gasteiger partial charge in [0.25, 0.3) is 10.7 Å². The molecule has 3 heterocycles. The first-order valence-corrected chi connectivity index (χ1v) is 11.1. The van der Waals surface area contributed by atoms with Gasteiger partial charge < -0.3 is 23.7 Å². The molecule has 7 nitrogen and oxygen atoms in total. The molecule has 1 saturated heterocycles. The Labute approximate surface area is 186 Å². The van der Waals surface area contributed by atoms with Crippen LogP contribution in [0.3, 0.4) is 0 Å². The molecular weight excluding hydrogens is 412 g/mol. The van der Waals surface area contributed by atoms with Crippen LogP contribution >= 0.6 is 12.2 Å². The largest absolute Gasteiger partial charge is 0.485 e. The van der Waals surface area contributed by atoms with Crippen molar-refractivity contribution >= 4 is 17.9 Å². The van der Waals surface area contributed by atoms with E-state index in [9.17, 15) is 0 Å². The summed E-state index contributed by atoms with van der Waals surface area (Å²) in [5, 5.41) is 4.61. The highest BCUT2D eigenvalue weighted by Gasteiger charge is 2.28. The Morgan fingerprint density at radius 1 is 1.06 bits per heavy atom. The van der Waals surface area contributed by atoms with Crippen LogP contribution in [0.2, 0.25) is 0 Å². The van der Waals surface area contributed by atoms with Crippen molar-refractivity contribution in [2.45, 2.75) is 26.6 Å². The second-order valence-electron chi connectivity index (χ2n) is 8.18. The lowest BCUT2D eigenvalue weighted by Crippen LogP contribution is -3.14. The van der Waals surface area contributed by atoms with Crippen molar-refractivity contribution in [1.29, 1.82) is 0 Å². The van der Waals surface area contributed by atoms with Crippen LogP contribution in [0.5, 0.6) is 11.5 Å². The summed E-state index contributed by atoms with van der Waals surface area (Å²) in [5.41, 5.74) is 4.05. The zero-order valence-corrected chi connectivity index (χ0v) is 18.7. The van der Waals surface area contributed by atoms with Crippen LogP contribution in [0.15, 0.2) is 46.9 Å². The Bertz CT molecular complexity index is 1130. The van der Waals surface area contributed by atoms with Crippen LogP contribution in [0.25, 0.3) is 0 Å². The predicted molar refractivity (Wildman–Crippen MR) is 119 cm³/mol. The predicted octanol–water partition coefficient (Wildman–Crippen LogP) is 2.70. The van der Waals surface area contributed by atoms with E-state index < -0.39 is 6.10 Å². The number of quaternary nitrogens is 1. The molecule has 0 aliphatic carbocycles. The lowest BCUT2D eigenvalue weighted by Gasteiger charge is -2.34. The van der Waals surface area contributed by atoms with E-state index in [0.717, 1.165) is 31.9 Å². The van der Waals surface area contributed by atoms with Crippen molar-refractivity contribution < 1.29 is 18.8 Å². The fourth-order valence-electron chi connectivity index (χ4n) is 4.21. The molecule has 5 rings (SSSR count). The standard InChI is InChI=1S/C23H26N4O3S/c1-16-6-5-7-18(17(16)2)26-12-10-25(11-13-26)15-27-23(31)30-22(24-27)21-14-28-19-8-3-4-9-20(19)29-21/h3-9,21H,10-15H2,1-2H3/p+1/t21-/m1/s1. The van der Waals surface area contributed by atoms with Crippen LogP contribution in [0.4, 0.5) is 5.69 Å². The summed E-state index contributed by atoms with van der Waals surface area (Å²) in [6.45, 7) is 9.48. The molecular formula is C23H27N4O3S+. The highest BCUT2D eigenvalue weighted by molar-refractivity contribution is 7.71. The van der Waals surface area contributed by atoms with Crippen molar-refractivity contribution in [2.24, 2.45) is 0 Å². The third-order valence-corrected chi connectivity index (χ3v) is 6.46. The fourth-order valence-corrected chi connectivity index (χ4v) is 4.40. The molecule has 162 valence electrons. The van der Waals surface area contributed by atoms with E-state index in [-0.39, 0.29) is 0 Å². The highest BCUT2D eigenvalue weighted by Crippen LogP contribution is 2.35. The molecule has 0 bridgehead atoms. The molecule has 1 N–H and O–H groups in total. The van der Waals surface area contributed by atoms with Gasteiger partial charge in [0.1, 0.15) is 6.61 Å². The van der Waals surface area contributed by atoms with Crippen molar-refractivity contribution in [3.05, 3.63) is 64.3 Å². The molecule has 2 aromatic carbocycles. The van der Waals surface area contributed by atoms with E-state index in [4.69, 9.17) is 26.1 Å². The number of hydrogen-bond donors (Lipinski definition) is 1. The quantitative estimate of drug-likeness (QED) is 0.631. The summed E-state index contributed by atoms with van der Waals surface area (Å²) in [4.78, 5) is 4.29. The third-order valence-electron chi connectivity index (χ3n) is 6.17. The molecule has 0 spiro atoms. The average Bonchev–Trinajstić information content (AvgIpc) is 3.16. The van der Waals surface area contributed by atoms with Crippen molar-refractivity contribution in [1.82, 2.24) is 9.78 Å². The molecule has 1 atom stereocenters. The average molecular weight is 440 g/mol. The minimum absolute atomic E-state index is 0.355. The second kappa shape index (κ2) is 8.36. The second-order valence-corrected chi connectivity index (χ2v) is 8.53. The number of rotatable bonds is 4. The summed E-state index contributed by atoms with van der Waals surface area (Å²) < 4.78 is 19.3. The number of hydrogen-bond acceptors (Lipinski definition) is 6. The van der Waals surface area contributed by atoms with Gasteiger partial charge in [-0.2, -0.15) is 4.68 Å². The van der Waals surface area contributed by atoms with Crippen LogP contribution in [0.1, 0.15) is 23.1 Å². The highest BCUT2D eigenvalue weighted by atomic mass is 32.1. The maximum absolute atomic E-state index is 6.01. The maximum Gasteiger partial charge on any atom is 0.292 e. The zero-order valence-electron chi connectivity index (χ0n) is 17.8. The van der Waals surface area contributed by atoms with Gasteiger partial charge in [0, 0.05) is 5.69 Å². The Hall–Kier alpha value is -2.84. The molecule has 0 saturated carbocycles. The van der Waals surface area contributed by atoms with Gasteiger partial charge >= 0.3 is 0 Å². The molecule has 3 aromatic rings. The number of nitrogens with one attached hydrogen (secondary N) is 1. The molecule has 1 fully saturated rings. The summed E-state index contributed by atoms with van der Waals surface area (Å²) >= 11 is 5.43. The number of fused-ring (bicyclic) bond motifs is 1. The number of piperazine rings is 1. The first-order valence-electron chi connectivity index (χ1n) is 10.7. The summed E-state index contributed by atoms with van der Waals surface area (Å²) in [6, 6.07) is 14.1. The number of aromatic nitrogens is 2. The molecule has 0 radical (unpaired) electrons. The van der Waals surface area contributed by atoms with Gasteiger partial charge in [-0.3, -0.25) is 0 Å². The zero-order chi connectivity index (χ0) is 21.4. The SMILES string of the molecule is Cc1cccc(N2CC[NH+](Cn3nc([C@H]4COc5ccccc5O4)oc3=S)CC2)c1C. The molecule has 2 aliphatic heterocycles. The number of aryl methyl sites for hydroxylation is 1. The first kappa shape index (κ1) is 20.1. The number of para-hydroxylation sites is 2. The Morgan fingerprint density at radius 2 is 1.84 bits per heavy atom. The Kier molecular flexibility index (Phi) is 5.41. The summed E-state index contributed by atoms with van der Waals surface area (Å²) in [7, 11) is 0. The Balaban J connectivity index is 1.23. The Morgan fingerprint density at radius 3 is 2.65 bits per heavy atom. The van der Waals surface area contributed by atoms with E-state index in [2.05, 4.69) is 42.0 Å². The van der Waals surface area contributed by atoms with Gasteiger partial charge in [-0.25, -0.2) is 0 Å². The minimum atomic E-state index is -0.394. The summed E-state index contributed by atoms with van der Waals surface area (Å²) in [5.74, 6) is 1.90. The number of anilines is 1. The lowest BCUT2D eigenvalue weighted by molar-refractivity contribution is -0.924. The van der Waals surface area contributed by atoms with Gasteiger partial charge in [-0.15, -0.1) is 5.10 Å². The van der Waals surface area contributed by atoms with Crippen LogP contribution in [0, 0.1) is 18.7 Å². The van der Waals surface area contributed by atoms with E-state index >= 15 is 0 Å².